The van der Waals surface area contributed by atoms with E-state index in [0.717, 1.165) is 5.56 Å². The Balaban J connectivity index is 1.62. The fourth-order valence-corrected chi connectivity index (χ4v) is 3.11. The topological polar surface area (TPSA) is 150 Å². The van der Waals surface area contributed by atoms with E-state index in [1.165, 1.54) is 0 Å². The Labute approximate surface area is 255 Å². The molecule has 0 fully saturated rings. The van der Waals surface area contributed by atoms with Crippen LogP contribution in [0.3, 0.4) is 0 Å². The minimum Gasteiger partial charge on any atom is -0.379 e. The summed E-state index contributed by atoms with van der Waals surface area (Å²) in [6.45, 7) is 11.5. The molecule has 1 rings (SSSR count). The van der Waals surface area contributed by atoms with Gasteiger partial charge in [-0.15, -0.1) is 0 Å². The molecule has 14 heteroatoms. The van der Waals surface area contributed by atoms with Crippen molar-refractivity contribution in [3.05, 3.63) is 46.3 Å². The highest BCUT2D eigenvalue weighted by Crippen LogP contribution is 2.00. The lowest BCUT2D eigenvalue weighted by molar-refractivity contribution is -0.0276. The van der Waals surface area contributed by atoms with Gasteiger partial charge in [0.25, 0.3) is 0 Å². The molecule has 0 N–H and O–H groups in total. The van der Waals surface area contributed by atoms with Crippen LogP contribution in [0.25, 0.3) is 10.4 Å². The Bertz CT molecular complexity index is 731. The number of rotatable bonds is 35. The molecule has 14 nitrogen and oxygen atoms in total. The van der Waals surface area contributed by atoms with Gasteiger partial charge in [0, 0.05) is 11.5 Å². The molecule has 1 aromatic rings. The average molecular weight is 618 g/mol. The molecule has 0 aliphatic heterocycles. The molecule has 43 heavy (non-hydrogen) atoms. The van der Waals surface area contributed by atoms with Gasteiger partial charge in [0.05, 0.1) is 145 Å². The van der Waals surface area contributed by atoms with Crippen molar-refractivity contribution in [1.82, 2.24) is 0 Å². The second-order valence-corrected chi connectivity index (χ2v) is 8.62. The summed E-state index contributed by atoms with van der Waals surface area (Å²) in [5, 5.41) is 3.37. The summed E-state index contributed by atoms with van der Waals surface area (Å²) in [6, 6.07) is 10.1. The lowest BCUT2D eigenvalue weighted by Gasteiger charge is -2.09. The first kappa shape index (κ1) is 39.1. The first-order valence-electron chi connectivity index (χ1n) is 14.8. The van der Waals surface area contributed by atoms with Crippen LogP contribution in [0, 0.1) is 0 Å². The summed E-state index contributed by atoms with van der Waals surface area (Å²) < 4.78 is 59.8. The minimum atomic E-state index is 0.329. The summed E-state index contributed by atoms with van der Waals surface area (Å²) >= 11 is 0. The van der Waals surface area contributed by atoms with Crippen molar-refractivity contribution in [2.24, 2.45) is 5.11 Å². The summed E-state index contributed by atoms with van der Waals surface area (Å²) in [5.41, 5.74) is 9.29. The fraction of sp³-hybridized carbons (Fsp3) is 0.793. The number of nitrogens with zero attached hydrogens (tertiary/aromatic N) is 3. The third-order valence-electron chi connectivity index (χ3n) is 5.23. The van der Waals surface area contributed by atoms with E-state index in [0.29, 0.717) is 152 Å². The molecule has 0 spiro atoms. The smallest absolute Gasteiger partial charge is 0.0718 e. The molecule has 0 aliphatic carbocycles. The van der Waals surface area contributed by atoms with Gasteiger partial charge in [-0.05, 0) is 11.1 Å². The molecule has 0 unspecified atom stereocenters. The molecule has 0 bridgehead atoms. The lowest BCUT2D eigenvalue weighted by atomic mass is 10.2. The highest BCUT2D eigenvalue weighted by molar-refractivity contribution is 5.13. The minimum absolute atomic E-state index is 0.329. The standard InChI is InChI=1S/C29H51N3O11/c30-32-31-6-7-33-8-9-34-10-11-35-12-13-36-14-15-37-16-17-38-18-19-39-20-21-40-22-23-41-24-25-42-26-27-43-28-29-4-2-1-3-5-29/h1-5H,6-28H2. The largest absolute Gasteiger partial charge is 0.379 e. The van der Waals surface area contributed by atoms with E-state index in [1.54, 1.807) is 0 Å². The van der Waals surface area contributed by atoms with Crippen LogP contribution in [0.5, 0.6) is 0 Å². The Kier molecular flexibility index (Phi) is 31.5. The van der Waals surface area contributed by atoms with Gasteiger partial charge < -0.3 is 52.1 Å². The predicted octanol–water partition coefficient (Wildman–Crippen LogP) is 2.68. The summed E-state index contributed by atoms with van der Waals surface area (Å²) in [4.78, 5) is 2.64. The number of benzene rings is 1. The van der Waals surface area contributed by atoms with Gasteiger partial charge >= 0.3 is 0 Å². The van der Waals surface area contributed by atoms with Crippen molar-refractivity contribution in [2.45, 2.75) is 6.61 Å². The molecule has 0 heterocycles. The zero-order valence-corrected chi connectivity index (χ0v) is 25.5. The van der Waals surface area contributed by atoms with Crippen LogP contribution in [0.15, 0.2) is 35.4 Å². The van der Waals surface area contributed by atoms with E-state index < -0.39 is 0 Å². The number of azide groups is 1. The van der Waals surface area contributed by atoms with Crippen molar-refractivity contribution in [1.29, 1.82) is 0 Å². The van der Waals surface area contributed by atoms with Gasteiger partial charge in [0.1, 0.15) is 0 Å². The Hall–Kier alpha value is -1.91. The van der Waals surface area contributed by atoms with Crippen LogP contribution in [-0.4, -0.2) is 145 Å². The molecule has 0 saturated heterocycles. The Morgan fingerprint density at radius 3 is 0.977 bits per heavy atom. The van der Waals surface area contributed by atoms with Crippen molar-refractivity contribution in [2.75, 3.05) is 145 Å². The monoisotopic (exact) mass is 617 g/mol. The van der Waals surface area contributed by atoms with Crippen LogP contribution >= 0.6 is 0 Å². The van der Waals surface area contributed by atoms with E-state index in [-0.39, 0.29) is 0 Å². The zero-order chi connectivity index (χ0) is 30.6. The van der Waals surface area contributed by atoms with Crippen LogP contribution < -0.4 is 0 Å². The van der Waals surface area contributed by atoms with Crippen LogP contribution in [0.4, 0.5) is 0 Å². The molecular weight excluding hydrogens is 566 g/mol. The fourth-order valence-electron chi connectivity index (χ4n) is 3.11. The van der Waals surface area contributed by atoms with Crippen LogP contribution in [0.1, 0.15) is 5.56 Å². The molecule has 0 saturated carbocycles. The summed E-state index contributed by atoms with van der Waals surface area (Å²) in [7, 11) is 0. The molecule has 1 aromatic carbocycles. The molecule has 0 amide bonds. The number of hydrogen-bond acceptors (Lipinski definition) is 12. The van der Waals surface area contributed by atoms with Gasteiger partial charge in [-0.25, -0.2) is 0 Å². The highest BCUT2D eigenvalue weighted by atomic mass is 16.6. The SMILES string of the molecule is [N-]=[N+]=NCCOCCOCCOCCOCCOCCOCCOCCOCCOCCOCCOCc1ccccc1. The zero-order valence-electron chi connectivity index (χ0n) is 25.5. The highest BCUT2D eigenvalue weighted by Gasteiger charge is 1.97. The Morgan fingerprint density at radius 2 is 0.674 bits per heavy atom. The molecule has 248 valence electrons. The van der Waals surface area contributed by atoms with Crippen LogP contribution in [-0.2, 0) is 58.7 Å². The third-order valence-corrected chi connectivity index (χ3v) is 5.23. The van der Waals surface area contributed by atoms with Crippen LogP contribution in [0.2, 0.25) is 0 Å². The quantitative estimate of drug-likeness (QED) is 0.0479. The first-order chi connectivity index (χ1) is 21.4. The number of ether oxygens (including phenoxy) is 11. The van der Waals surface area contributed by atoms with E-state index in [4.69, 9.17) is 57.6 Å². The average Bonchev–Trinajstić information content (AvgIpc) is 3.03. The van der Waals surface area contributed by atoms with Gasteiger partial charge in [0.2, 0.25) is 0 Å². The maximum Gasteiger partial charge on any atom is 0.0718 e. The first-order valence-corrected chi connectivity index (χ1v) is 14.8. The van der Waals surface area contributed by atoms with Gasteiger partial charge in [-0.3, -0.25) is 0 Å². The third kappa shape index (κ3) is 31.3. The van der Waals surface area contributed by atoms with E-state index in [1.807, 2.05) is 30.3 Å². The molecule has 0 aliphatic rings. The molecule has 0 atom stereocenters. The van der Waals surface area contributed by atoms with E-state index in [2.05, 4.69) is 10.0 Å². The molecule has 0 aromatic heterocycles. The van der Waals surface area contributed by atoms with Crippen molar-refractivity contribution in [3.8, 4) is 0 Å². The maximum absolute atomic E-state index is 8.13. The second kappa shape index (κ2) is 34.6. The van der Waals surface area contributed by atoms with Crippen molar-refractivity contribution < 1.29 is 52.1 Å². The maximum atomic E-state index is 8.13. The summed E-state index contributed by atoms with van der Waals surface area (Å²) in [6.07, 6.45) is 0. The van der Waals surface area contributed by atoms with Gasteiger partial charge in [-0.1, -0.05) is 35.4 Å². The van der Waals surface area contributed by atoms with Crippen molar-refractivity contribution in [3.63, 3.8) is 0 Å². The normalized spacial score (nSPS) is 11.2. The summed E-state index contributed by atoms with van der Waals surface area (Å²) in [5.74, 6) is 0. The van der Waals surface area contributed by atoms with Crippen molar-refractivity contribution >= 4 is 0 Å². The predicted molar refractivity (Wildman–Crippen MR) is 158 cm³/mol. The second-order valence-electron chi connectivity index (χ2n) is 8.62. The molecule has 0 radical (unpaired) electrons. The molecular formula is C29H51N3O11. The van der Waals surface area contributed by atoms with Gasteiger partial charge in [0.15, 0.2) is 0 Å². The van der Waals surface area contributed by atoms with E-state index in [9.17, 15) is 0 Å². The lowest BCUT2D eigenvalue weighted by Crippen LogP contribution is -2.15. The van der Waals surface area contributed by atoms with Gasteiger partial charge in [-0.2, -0.15) is 0 Å². The van der Waals surface area contributed by atoms with E-state index >= 15 is 0 Å². The number of hydrogen-bond donors (Lipinski definition) is 0. The Morgan fingerprint density at radius 1 is 0.395 bits per heavy atom.